The quantitative estimate of drug-likeness (QED) is 0.692. The number of rotatable bonds is 1. The highest BCUT2D eigenvalue weighted by atomic mass is 16.7. The fraction of sp³-hybridized carbons (Fsp3) is 0.824. The van der Waals surface area contributed by atoms with Crippen LogP contribution in [0.3, 0.4) is 0 Å². The van der Waals surface area contributed by atoms with Gasteiger partial charge in [0.05, 0.1) is 11.2 Å². The minimum Gasteiger partial charge on any atom is -0.444 e. The number of carbonyl (C=O) groups excluding carboxylic acids is 1. The molecule has 0 aromatic heterocycles. The van der Waals surface area contributed by atoms with Crippen LogP contribution in [0.5, 0.6) is 0 Å². The Labute approximate surface area is 140 Å². The molecule has 0 radical (unpaired) electrons. The summed E-state index contributed by atoms with van der Waals surface area (Å²) in [4.78, 5) is 14.1. The molecular weight excluding hydrogens is 293 g/mol. The molecule has 0 aliphatic carbocycles. The maximum atomic E-state index is 12.3. The Hall–Kier alpha value is -1.01. The smallest absolute Gasteiger partial charge is 0.444 e. The summed E-state index contributed by atoms with van der Waals surface area (Å²) < 4.78 is 17.8. The minimum absolute atomic E-state index is 0.279. The van der Waals surface area contributed by atoms with Crippen LogP contribution in [0.2, 0.25) is 0 Å². The van der Waals surface area contributed by atoms with Gasteiger partial charge in [-0.3, -0.25) is 0 Å². The van der Waals surface area contributed by atoms with E-state index in [2.05, 4.69) is 6.92 Å². The zero-order valence-corrected chi connectivity index (χ0v) is 15.8. The Morgan fingerprint density at radius 1 is 1.17 bits per heavy atom. The van der Waals surface area contributed by atoms with Gasteiger partial charge in [-0.15, -0.1) is 0 Å². The summed E-state index contributed by atoms with van der Waals surface area (Å²) in [7, 11) is -0.398. The van der Waals surface area contributed by atoms with E-state index < -0.39 is 12.7 Å². The zero-order chi connectivity index (χ0) is 17.6. The normalized spacial score (nSPS) is 24.2. The third-order valence-corrected chi connectivity index (χ3v) is 4.86. The summed E-state index contributed by atoms with van der Waals surface area (Å²) in [5.74, 6) is 0. The molecule has 0 bridgehead atoms. The van der Waals surface area contributed by atoms with E-state index in [0.717, 1.165) is 11.9 Å². The fourth-order valence-electron chi connectivity index (χ4n) is 2.63. The maximum Gasteiger partial charge on any atom is 0.492 e. The van der Waals surface area contributed by atoms with E-state index in [1.165, 1.54) is 5.57 Å². The number of nitrogens with zero attached hydrogens (tertiary/aromatic N) is 1. The SMILES string of the molecule is CC1=C(B2OC(C)(C)C(C)(C)O2)CN(C(=O)OC(C)(C)C)CC1. The predicted molar refractivity (Wildman–Crippen MR) is 91.2 cm³/mol. The molecule has 1 fully saturated rings. The van der Waals surface area contributed by atoms with Crippen molar-refractivity contribution in [3.8, 4) is 0 Å². The summed E-state index contributed by atoms with van der Waals surface area (Å²) >= 11 is 0. The first-order valence-corrected chi connectivity index (χ1v) is 8.34. The van der Waals surface area contributed by atoms with Gasteiger partial charge in [-0.1, -0.05) is 5.57 Å². The van der Waals surface area contributed by atoms with E-state index >= 15 is 0 Å². The van der Waals surface area contributed by atoms with Gasteiger partial charge in [-0.25, -0.2) is 4.79 Å². The Bertz CT molecular complexity index is 503. The monoisotopic (exact) mass is 323 g/mol. The van der Waals surface area contributed by atoms with Crippen LogP contribution in [0.25, 0.3) is 0 Å². The molecule has 0 aromatic carbocycles. The molecule has 5 nitrogen and oxygen atoms in total. The molecule has 6 heteroatoms. The highest BCUT2D eigenvalue weighted by Gasteiger charge is 2.53. The topological polar surface area (TPSA) is 48.0 Å². The van der Waals surface area contributed by atoms with Crippen LogP contribution in [0.15, 0.2) is 11.0 Å². The second kappa shape index (κ2) is 5.81. The number of ether oxygens (including phenoxy) is 1. The average Bonchev–Trinajstić information content (AvgIpc) is 2.56. The van der Waals surface area contributed by atoms with E-state index in [-0.39, 0.29) is 17.3 Å². The largest absolute Gasteiger partial charge is 0.492 e. The van der Waals surface area contributed by atoms with Crippen molar-refractivity contribution in [1.82, 2.24) is 4.90 Å². The first-order chi connectivity index (χ1) is 10.3. The number of hydrogen-bond donors (Lipinski definition) is 0. The molecular formula is C17H30BNO4. The van der Waals surface area contributed by atoms with Crippen molar-refractivity contribution in [2.45, 2.75) is 78.6 Å². The first kappa shape index (κ1) is 18.3. The van der Waals surface area contributed by atoms with Crippen molar-refractivity contribution < 1.29 is 18.8 Å². The van der Waals surface area contributed by atoms with Crippen molar-refractivity contribution in [3.63, 3.8) is 0 Å². The lowest BCUT2D eigenvalue weighted by atomic mass is 9.73. The molecule has 0 spiro atoms. The maximum absolute atomic E-state index is 12.3. The summed E-state index contributed by atoms with van der Waals surface area (Å²) in [5.41, 5.74) is 1.04. The van der Waals surface area contributed by atoms with Gasteiger partial charge in [0.1, 0.15) is 5.60 Å². The summed E-state index contributed by atoms with van der Waals surface area (Å²) in [6.07, 6.45) is 0.539. The predicted octanol–water partition coefficient (Wildman–Crippen LogP) is 3.58. The van der Waals surface area contributed by atoms with E-state index in [4.69, 9.17) is 14.0 Å². The van der Waals surface area contributed by atoms with Crippen molar-refractivity contribution >= 4 is 13.2 Å². The first-order valence-electron chi connectivity index (χ1n) is 8.34. The van der Waals surface area contributed by atoms with Gasteiger partial charge in [0.2, 0.25) is 0 Å². The van der Waals surface area contributed by atoms with Gasteiger partial charge in [-0.2, -0.15) is 0 Å². The van der Waals surface area contributed by atoms with E-state index in [1.54, 1.807) is 4.90 Å². The van der Waals surface area contributed by atoms with Crippen molar-refractivity contribution in [2.75, 3.05) is 13.1 Å². The fourth-order valence-corrected chi connectivity index (χ4v) is 2.63. The highest BCUT2D eigenvalue weighted by Crippen LogP contribution is 2.40. The molecule has 2 aliphatic heterocycles. The van der Waals surface area contributed by atoms with Gasteiger partial charge in [0.15, 0.2) is 0 Å². The molecule has 2 rings (SSSR count). The van der Waals surface area contributed by atoms with Gasteiger partial charge in [0, 0.05) is 13.1 Å². The van der Waals surface area contributed by atoms with Crippen LogP contribution in [0.4, 0.5) is 4.79 Å². The number of hydrogen-bond acceptors (Lipinski definition) is 4. The molecule has 0 saturated carbocycles. The van der Waals surface area contributed by atoms with Crippen LogP contribution >= 0.6 is 0 Å². The van der Waals surface area contributed by atoms with Crippen molar-refractivity contribution in [3.05, 3.63) is 11.0 Å². The van der Waals surface area contributed by atoms with E-state index in [1.807, 2.05) is 48.5 Å². The summed E-state index contributed by atoms with van der Waals surface area (Å²) in [5, 5.41) is 0. The molecule has 23 heavy (non-hydrogen) atoms. The van der Waals surface area contributed by atoms with Crippen LogP contribution in [-0.2, 0) is 14.0 Å². The molecule has 0 aromatic rings. The lowest BCUT2D eigenvalue weighted by Gasteiger charge is -2.32. The Kier molecular flexibility index (Phi) is 4.64. The molecule has 2 heterocycles. The lowest BCUT2D eigenvalue weighted by Crippen LogP contribution is -2.43. The molecule has 130 valence electrons. The van der Waals surface area contributed by atoms with Crippen molar-refractivity contribution in [2.24, 2.45) is 0 Å². The number of carbonyl (C=O) groups is 1. The number of amides is 1. The molecule has 1 saturated heterocycles. The highest BCUT2D eigenvalue weighted by molar-refractivity contribution is 6.55. The van der Waals surface area contributed by atoms with E-state index in [9.17, 15) is 4.79 Å². The second-order valence-corrected chi connectivity index (χ2v) is 8.55. The van der Waals surface area contributed by atoms with E-state index in [0.29, 0.717) is 13.1 Å². The molecule has 1 amide bonds. The van der Waals surface area contributed by atoms with Gasteiger partial charge in [0.25, 0.3) is 0 Å². The molecule has 2 aliphatic rings. The van der Waals surface area contributed by atoms with Gasteiger partial charge < -0.3 is 18.9 Å². The van der Waals surface area contributed by atoms with Crippen LogP contribution in [-0.4, -0.2) is 48.0 Å². The molecule has 0 N–H and O–H groups in total. The third kappa shape index (κ3) is 3.91. The Balaban J connectivity index is 2.12. The third-order valence-electron chi connectivity index (χ3n) is 4.86. The molecule has 0 atom stereocenters. The van der Waals surface area contributed by atoms with Crippen LogP contribution in [0, 0.1) is 0 Å². The van der Waals surface area contributed by atoms with Gasteiger partial charge >= 0.3 is 13.2 Å². The zero-order valence-electron chi connectivity index (χ0n) is 15.8. The standard InChI is InChI=1S/C17H30BNO4/c1-12-9-10-19(14(20)21-15(2,3)4)11-13(12)18-22-16(5,6)17(7,8)23-18/h9-11H2,1-8H3. The van der Waals surface area contributed by atoms with Crippen molar-refractivity contribution in [1.29, 1.82) is 0 Å². The summed E-state index contributed by atoms with van der Waals surface area (Å²) in [6, 6.07) is 0. The molecule has 0 unspecified atom stereocenters. The minimum atomic E-state index is -0.488. The van der Waals surface area contributed by atoms with Crippen LogP contribution < -0.4 is 0 Å². The lowest BCUT2D eigenvalue weighted by molar-refractivity contribution is 0.00578. The summed E-state index contributed by atoms with van der Waals surface area (Å²) in [6.45, 7) is 17.1. The average molecular weight is 323 g/mol. The second-order valence-electron chi connectivity index (χ2n) is 8.55. The van der Waals surface area contributed by atoms with Gasteiger partial charge in [-0.05, 0) is 67.3 Å². The van der Waals surface area contributed by atoms with Crippen LogP contribution in [0.1, 0.15) is 61.8 Å². The Morgan fingerprint density at radius 3 is 2.17 bits per heavy atom. The Morgan fingerprint density at radius 2 is 1.70 bits per heavy atom.